The zero-order valence-corrected chi connectivity index (χ0v) is 24.7. The molecular formula is C34H38N6O4. The van der Waals surface area contributed by atoms with Gasteiger partial charge in [0.25, 0.3) is 0 Å². The van der Waals surface area contributed by atoms with Crippen LogP contribution < -0.4 is 10.6 Å². The molecule has 10 heteroatoms. The number of hydrogen-bond donors (Lipinski definition) is 4. The third kappa shape index (κ3) is 6.64. The van der Waals surface area contributed by atoms with E-state index in [0.29, 0.717) is 42.3 Å². The fourth-order valence-electron chi connectivity index (χ4n) is 5.67. The summed E-state index contributed by atoms with van der Waals surface area (Å²) in [5, 5.41) is 28.5. The summed E-state index contributed by atoms with van der Waals surface area (Å²) in [6, 6.07) is 31.0. The Kier molecular flexibility index (Phi) is 9.55. The van der Waals surface area contributed by atoms with Crippen LogP contribution in [-0.2, 0) is 22.4 Å². The molecule has 5 aromatic rings. The Balaban J connectivity index is 1.29. The molecule has 2 aromatic heterocycles. The van der Waals surface area contributed by atoms with Crippen molar-refractivity contribution in [1.82, 2.24) is 24.8 Å². The molecule has 0 amide bonds. The molecule has 10 nitrogen and oxygen atoms in total. The van der Waals surface area contributed by atoms with E-state index >= 15 is 0 Å². The first-order valence-electron chi connectivity index (χ1n) is 14.9. The van der Waals surface area contributed by atoms with Crippen LogP contribution in [-0.4, -0.2) is 74.9 Å². The zero-order valence-electron chi connectivity index (χ0n) is 24.7. The molecule has 0 radical (unpaired) electrons. The van der Waals surface area contributed by atoms with Crippen molar-refractivity contribution in [3.05, 3.63) is 120 Å². The number of fused-ring (bicyclic) bond motifs is 1. The molecule has 4 N–H and O–H groups in total. The van der Waals surface area contributed by atoms with Crippen LogP contribution in [0.5, 0.6) is 0 Å². The molecule has 1 saturated heterocycles. The minimum Gasteiger partial charge on any atom is -0.387 e. The lowest BCUT2D eigenvalue weighted by Gasteiger charge is -2.20. The topological polar surface area (TPSA) is 127 Å². The number of aliphatic hydroxyl groups excluding tert-OH is 2. The van der Waals surface area contributed by atoms with Crippen molar-refractivity contribution in [1.29, 1.82) is 0 Å². The van der Waals surface area contributed by atoms with E-state index in [2.05, 4.69) is 76.3 Å². The maximum Gasteiger partial charge on any atom is 0.167 e. The smallest absolute Gasteiger partial charge is 0.167 e. The van der Waals surface area contributed by atoms with Crippen LogP contribution in [0.2, 0.25) is 0 Å². The SMILES string of the molecule is COC[C@H]1OC(n2cnc3c(NCC(c4ccccc4)c4ccccc4)nc(CCNCc4ccccc4)nc32)[C@H](O)[C@@H]1O. The Morgan fingerprint density at radius 3 is 2.20 bits per heavy atom. The number of imidazole rings is 1. The van der Waals surface area contributed by atoms with Gasteiger partial charge in [-0.1, -0.05) is 91.0 Å². The third-order valence-electron chi connectivity index (χ3n) is 7.98. The molecule has 4 atom stereocenters. The summed E-state index contributed by atoms with van der Waals surface area (Å²) in [7, 11) is 1.53. The molecule has 1 fully saturated rings. The normalized spacial score (nSPS) is 20.0. The first-order chi connectivity index (χ1) is 21.6. The lowest BCUT2D eigenvalue weighted by molar-refractivity contribution is -0.0580. The highest BCUT2D eigenvalue weighted by Gasteiger charge is 2.44. The number of aromatic nitrogens is 4. The van der Waals surface area contributed by atoms with Crippen molar-refractivity contribution in [3.8, 4) is 0 Å². The highest BCUT2D eigenvalue weighted by atomic mass is 16.6. The molecule has 3 heterocycles. The molecular weight excluding hydrogens is 556 g/mol. The van der Waals surface area contributed by atoms with Crippen LogP contribution in [0.25, 0.3) is 11.2 Å². The van der Waals surface area contributed by atoms with Gasteiger partial charge in [-0.25, -0.2) is 15.0 Å². The lowest BCUT2D eigenvalue weighted by Crippen LogP contribution is -2.33. The van der Waals surface area contributed by atoms with Crippen molar-refractivity contribution in [2.24, 2.45) is 0 Å². The van der Waals surface area contributed by atoms with Crippen LogP contribution in [0.3, 0.4) is 0 Å². The van der Waals surface area contributed by atoms with Gasteiger partial charge in [0.1, 0.15) is 24.1 Å². The molecule has 6 rings (SSSR count). The Morgan fingerprint density at radius 1 is 0.886 bits per heavy atom. The van der Waals surface area contributed by atoms with Crippen LogP contribution in [0.1, 0.15) is 34.7 Å². The van der Waals surface area contributed by atoms with Crippen molar-refractivity contribution in [3.63, 3.8) is 0 Å². The summed E-state index contributed by atoms with van der Waals surface area (Å²) in [6.45, 7) is 2.14. The highest BCUT2D eigenvalue weighted by Crippen LogP contribution is 2.33. The second kappa shape index (κ2) is 14.1. The second-order valence-corrected chi connectivity index (χ2v) is 11.0. The first kappa shape index (κ1) is 29.9. The molecule has 0 saturated carbocycles. The first-order valence-corrected chi connectivity index (χ1v) is 14.9. The standard InChI is InChI=1S/C34H38N6O4/c1-43-21-27-30(41)31(42)34(44-27)40-22-37-29-32(36-20-26(24-13-7-3-8-14-24)25-15-9-4-10-16-25)38-28(39-33(29)40)17-18-35-19-23-11-5-2-6-12-23/h2-16,22,26-27,30-31,34-35,41-42H,17-21H2,1H3,(H,36,38,39)/t27-,30-,31-,34?/m1/s1. The molecule has 0 spiro atoms. The molecule has 1 unspecified atom stereocenters. The Hall–Kier alpha value is -4.19. The predicted octanol–water partition coefficient (Wildman–Crippen LogP) is 3.67. The minimum absolute atomic E-state index is 0.0745. The van der Waals surface area contributed by atoms with Gasteiger partial charge in [0.2, 0.25) is 0 Å². The van der Waals surface area contributed by atoms with E-state index in [-0.39, 0.29) is 12.5 Å². The number of methoxy groups -OCH3 is 1. The summed E-state index contributed by atoms with van der Waals surface area (Å²) < 4.78 is 12.9. The number of nitrogens with one attached hydrogen (secondary N) is 2. The van der Waals surface area contributed by atoms with E-state index in [1.165, 1.54) is 23.8 Å². The number of nitrogens with zero attached hydrogens (tertiary/aromatic N) is 4. The Morgan fingerprint density at radius 2 is 1.55 bits per heavy atom. The largest absolute Gasteiger partial charge is 0.387 e. The summed E-state index contributed by atoms with van der Waals surface area (Å²) >= 11 is 0. The van der Waals surface area contributed by atoms with E-state index in [4.69, 9.17) is 19.4 Å². The van der Waals surface area contributed by atoms with Gasteiger partial charge in [0.15, 0.2) is 23.2 Å². The maximum atomic E-state index is 10.9. The molecule has 0 bridgehead atoms. The molecule has 44 heavy (non-hydrogen) atoms. The van der Waals surface area contributed by atoms with Gasteiger partial charge in [-0.3, -0.25) is 4.57 Å². The van der Waals surface area contributed by atoms with Crippen LogP contribution in [0, 0.1) is 0 Å². The van der Waals surface area contributed by atoms with Gasteiger partial charge < -0.3 is 30.3 Å². The fraction of sp³-hybridized carbons (Fsp3) is 0.324. The number of hydrogen-bond acceptors (Lipinski definition) is 9. The van der Waals surface area contributed by atoms with Crippen molar-refractivity contribution >= 4 is 17.0 Å². The minimum atomic E-state index is -1.17. The third-order valence-corrected chi connectivity index (χ3v) is 7.98. The number of rotatable bonds is 13. The van der Waals surface area contributed by atoms with E-state index in [1.807, 2.05) is 30.3 Å². The summed E-state index contributed by atoms with van der Waals surface area (Å²) in [6.07, 6.45) is -1.65. The molecule has 1 aliphatic heterocycles. The van der Waals surface area contributed by atoms with E-state index in [0.717, 1.165) is 6.54 Å². The summed E-state index contributed by atoms with van der Waals surface area (Å²) in [4.78, 5) is 14.4. The Labute approximate surface area is 256 Å². The molecule has 1 aliphatic rings. The van der Waals surface area contributed by atoms with Crippen LogP contribution >= 0.6 is 0 Å². The van der Waals surface area contributed by atoms with Gasteiger partial charge >= 0.3 is 0 Å². The number of benzene rings is 3. The quantitative estimate of drug-likeness (QED) is 0.151. The lowest BCUT2D eigenvalue weighted by atomic mass is 9.91. The van der Waals surface area contributed by atoms with Gasteiger partial charge in [-0.15, -0.1) is 0 Å². The van der Waals surface area contributed by atoms with E-state index in [9.17, 15) is 10.2 Å². The average molecular weight is 595 g/mol. The van der Waals surface area contributed by atoms with E-state index in [1.54, 1.807) is 10.9 Å². The van der Waals surface area contributed by atoms with Crippen LogP contribution in [0.4, 0.5) is 5.82 Å². The van der Waals surface area contributed by atoms with Gasteiger partial charge in [0.05, 0.1) is 12.9 Å². The fourth-order valence-corrected chi connectivity index (χ4v) is 5.67. The molecule has 3 aromatic carbocycles. The predicted molar refractivity (Wildman–Crippen MR) is 168 cm³/mol. The van der Waals surface area contributed by atoms with Gasteiger partial charge in [-0.05, 0) is 16.7 Å². The highest BCUT2D eigenvalue weighted by molar-refractivity contribution is 5.83. The van der Waals surface area contributed by atoms with Crippen LogP contribution in [0.15, 0.2) is 97.3 Å². The summed E-state index contributed by atoms with van der Waals surface area (Å²) in [5.41, 5.74) is 4.66. The average Bonchev–Trinajstić information content (AvgIpc) is 3.61. The van der Waals surface area contributed by atoms with Crippen molar-refractivity contribution in [2.45, 2.75) is 43.4 Å². The van der Waals surface area contributed by atoms with E-state index < -0.39 is 24.5 Å². The van der Waals surface area contributed by atoms with Crippen molar-refractivity contribution < 1.29 is 19.7 Å². The number of anilines is 1. The zero-order chi connectivity index (χ0) is 30.3. The summed E-state index contributed by atoms with van der Waals surface area (Å²) in [5.74, 6) is 1.30. The maximum absolute atomic E-state index is 10.9. The van der Waals surface area contributed by atoms with Gasteiger partial charge in [0, 0.05) is 39.1 Å². The molecule has 228 valence electrons. The van der Waals surface area contributed by atoms with Crippen molar-refractivity contribution in [2.75, 3.05) is 32.1 Å². The molecule has 0 aliphatic carbocycles. The van der Waals surface area contributed by atoms with Gasteiger partial charge in [-0.2, -0.15) is 0 Å². The number of ether oxygens (including phenoxy) is 2. The monoisotopic (exact) mass is 594 g/mol. The second-order valence-electron chi connectivity index (χ2n) is 11.0. The Bertz CT molecular complexity index is 1580. The number of aliphatic hydroxyl groups is 2.